The molecule has 0 radical (unpaired) electrons. The fraction of sp³-hybridized carbons (Fsp3) is 0.280. The van der Waals surface area contributed by atoms with Gasteiger partial charge in [0.2, 0.25) is 5.91 Å². The molecule has 196 valence electrons. The van der Waals surface area contributed by atoms with Crippen LogP contribution in [0.4, 0.5) is 15.8 Å². The minimum absolute atomic E-state index is 0.0504. The van der Waals surface area contributed by atoms with Crippen LogP contribution in [-0.4, -0.2) is 40.9 Å². The maximum absolute atomic E-state index is 14.3. The topological polar surface area (TPSA) is 161 Å². The molecule has 1 atom stereocenters. The van der Waals surface area contributed by atoms with Crippen molar-refractivity contribution < 1.29 is 28.6 Å². The summed E-state index contributed by atoms with van der Waals surface area (Å²) in [4.78, 5) is 40.1. The van der Waals surface area contributed by atoms with Gasteiger partial charge < -0.3 is 26.6 Å². The molecular formula is C25H28FN5O5S. The Balaban J connectivity index is 2.21. The molecule has 0 bridgehead atoms. The number of aromatic hydroxyl groups is 1. The molecule has 0 saturated heterocycles. The Morgan fingerprint density at radius 1 is 1.22 bits per heavy atom. The highest BCUT2D eigenvalue weighted by Gasteiger charge is 2.36. The van der Waals surface area contributed by atoms with Crippen molar-refractivity contribution in [3.63, 3.8) is 0 Å². The fourth-order valence-electron chi connectivity index (χ4n) is 3.61. The lowest BCUT2D eigenvalue weighted by atomic mass is 10.0. The molecule has 0 spiro atoms. The van der Waals surface area contributed by atoms with E-state index in [-0.39, 0.29) is 39.0 Å². The van der Waals surface area contributed by atoms with E-state index in [2.05, 4.69) is 9.69 Å². The monoisotopic (exact) mass is 529 g/mol. The lowest BCUT2D eigenvalue weighted by molar-refractivity contribution is -0.122. The number of rotatable bonds is 10. The Morgan fingerprint density at radius 3 is 2.54 bits per heavy atom. The standard InChI is InChI=1S/C25H28FN5O5S/c1-13(2)9-10-29-24(34)21(14-7-8-17(32)18(11-14)36-3)31(16-6-4-5-15(26)12-16)25(35)22-19(27)20(23(28)33)30-37-22/h4-8,11-13,21,32H,9-10,27H2,1-3H3,(H2,28,33)(H,29,34). The summed E-state index contributed by atoms with van der Waals surface area (Å²) in [6, 6.07) is 7.98. The average molecular weight is 530 g/mol. The molecule has 3 rings (SSSR count). The number of aromatic nitrogens is 1. The lowest BCUT2D eigenvalue weighted by Crippen LogP contribution is -2.44. The summed E-state index contributed by atoms with van der Waals surface area (Å²) in [6.45, 7) is 4.32. The van der Waals surface area contributed by atoms with Crippen LogP contribution >= 0.6 is 11.5 Å². The number of nitrogens with zero attached hydrogens (tertiary/aromatic N) is 2. The molecule has 12 heteroatoms. The summed E-state index contributed by atoms with van der Waals surface area (Å²) in [6.07, 6.45) is 0.676. The van der Waals surface area contributed by atoms with Gasteiger partial charge in [-0.3, -0.25) is 19.3 Å². The Kier molecular flexibility index (Phi) is 8.66. The van der Waals surface area contributed by atoms with Crippen LogP contribution in [0, 0.1) is 11.7 Å². The number of anilines is 2. The third kappa shape index (κ3) is 6.15. The first kappa shape index (κ1) is 27.4. The van der Waals surface area contributed by atoms with Crippen LogP contribution in [0.25, 0.3) is 0 Å². The molecule has 6 N–H and O–H groups in total. The summed E-state index contributed by atoms with van der Waals surface area (Å²) < 4.78 is 23.4. The fourth-order valence-corrected chi connectivity index (χ4v) is 4.35. The van der Waals surface area contributed by atoms with Crippen molar-refractivity contribution >= 4 is 40.6 Å². The average Bonchev–Trinajstić information content (AvgIpc) is 3.23. The van der Waals surface area contributed by atoms with Crippen LogP contribution in [0.5, 0.6) is 11.5 Å². The molecule has 2 aromatic carbocycles. The summed E-state index contributed by atoms with van der Waals surface area (Å²) in [5.41, 5.74) is 11.1. The van der Waals surface area contributed by atoms with Crippen LogP contribution in [0.3, 0.4) is 0 Å². The number of phenolic OH excluding ortho intramolecular Hbond substituents is 1. The number of carbonyl (C=O) groups is 3. The number of phenols is 1. The largest absolute Gasteiger partial charge is 0.504 e. The van der Waals surface area contributed by atoms with Crippen LogP contribution in [0.2, 0.25) is 0 Å². The molecule has 0 aliphatic carbocycles. The quantitative estimate of drug-likeness (QED) is 0.313. The Labute approximate surface area is 217 Å². The molecule has 3 aromatic rings. The number of nitrogens with one attached hydrogen (secondary N) is 1. The number of ether oxygens (including phenoxy) is 1. The van der Waals surface area contributed by atoms with E-state index in [1.807, 2.05) is 13.8 Å². The number of hydrogen-bond donors (Lipinski definition) is 4. The van der Waals surface area contributed by atoms with Gasteiger partial charge in [-0.1, -0.05) is 26.0 Å². The first-order valence-corrected chi connectivity index (χ1v) is 12.1. The summed E-state index contributed by atoms with van der Waals surface area (Å²) in [7, 11) is 1.34. The maximum atomic E-state index is 14.3. The lowest BCUT2D eigenvalue weighted by Gasteiger charge is -2.31. The molecule has 1 unspecified atom stereocenters. The van der Waals surface area contributed by atoms with Crippen molar-refractivity contribution in [3.05, 3.63) is 64.4 Å². The molecule has 1 aromatic heterocycles. The van der Waals surface area contributed by atoms with Crippen molar-refractivity contribution in [2.45, 2.75) is 26.3 Å². The van der Waals surface area contributed by atoms with Crippen LogP contribution in [-0.2, 0) is 4.79 Å². The number of nitrogens with two attached hydrogens (primary N) is 2. The predicted octanol–water partition coefficient (Wildman–Crippen LogP) is 3.23. The van der Waals surface area contributed by atoms with Crippen LogP contribution < -0.4 is 26.4 Å². The Hall–Kier alpha value is -4.19. The van der Waals surface area contributed by atoms with Gasteiger partial charge in [-0.25, -0.2) is 4.39 Å². The van der Waals surface area contributed by atoms with Crippen LogP contribution in [0.15, 0.2) is 42.5 Å². The van der Waals surface area contributed by atoms with Crippen molar-refractivity contribution in [1.29, 1.82) is 0 Å². The second kappa shape index (κ2) is 11.7. The molecular weight excluding hydrogens is 501 g/mol. The Bertz CT molecular complexity index is 1310. The van der Waals surface area contributed by atoms with Gasteiger partial charge in [0, 0.05) is 12.2 Å². The molecule has 0 saturated carbocycles. The highest BCUT2D eigenvalue weighted by molar-refractivity contribution is 7.09. The number of halogens is 1. The zero-order chi connectivity index (χ0) is 27.3. The minimum Gasteiger partial charge on any atom is -0.504 e. The zero-order valence-corrected chi connectivity index (χ0v) is 21.3. The van der Waals surface area contributed by atoms with E-state index in [4.69, 9.17) is 16.2 Å². The van der Waals surface area contributed by atoms with Gasteiger partial charge in [-0.05, 0) is 59.8 Å². The first-order valence-electron chi connectivity index (χ1n) is 11.3. The van der Waals surface area contributed by atoms with E-state index in [9.17, 15) is 23.9 Å². The summed E-state index contributed by atoms with van der Waals surface area (Å²) in [5.74, 6) is -2.74. The molecule has 37 heavy (non-hydrogen) atoms. The van der Waals surface area contributed by atoms with E-state index in [1.165, 1.54) is 43.5 Å². The van der Waals surface area contributed by atoms with Gasteiger partial charge >= 0.3 is 0 Å². The van der Waals surface area contributed by atoms with Crippen molar-refractivity contribution in [1.82, 2.24) is 9.69 Å². The van der Waals surface area contributed by atoms with Gasteiger partial charge in [-0.2, -0.15) is 4.37 Å². The number of primary amides is 1. The van der Waals surface area contributed by atoms with Gasteiger partial charge in [0.25, 0.3) is 11.8 Å². The first-order chi connectivity index (χ1) is 17.5. The highest BCUT2D eigenvalue weighted by atomic mass is 32.1. The minimum atomic E-state index is -1.34. The number of carbonyl (C=O) groups excluding carboxylic acids is 3. The molecule has 1 heterocycles. The molecule has 0 aliphatic rings. The predicted molar refractivity (Wildman–Crippen MR) is 138 cm³/mol. The second-order valence-electron chi connectivity index (χ2n) is 8.60. The zero-order valence-electron chi connectivity index (χ0n) is 20.5. The summed E-state index contributed by atoms with van der Waals surface area (Å²) in [5, 5.41) is 12.9. The smallest absolute Gasteiger partial charge is 0.273 e. The normalized spacial score (nSPS) is 11.7. The van der Waals surface area contributed by atoms with E-state index < -0.39 is 29.6 Å². The van der Waals surface area contributed by atoms with Crippen molar-refractivity contribution in [3.8, 4) is 11.5 Å². The number of nitrogen functional groups attached to an aromatic ring is 1. The van der Waals surface area contributed by atoms with Gasteiger partial charge in [0.15, 0.2) is 17.2 Å². The number of benzene rings is 2. The van der Waals surface area contributed by atoms with Crippen LogP contribution in [0.1, 0.15) is 52.0 Å². The number of methoxy groups -OCH3 is 1. The van der Waals surface area contributed by atoms with Gasteiger partial charge in [0.1, 0.15) is 16.7 Å². The van der Waals surface area contributed by atoms with E-state index in [0.717, 1.165) is 11.0 Å². The molecule has 0 fully saturated rings. The number of amides is 3. The molecule has 10 nitrogen and oxygen atoms in total. The SMILES string of the molecule is COc1cc(C(C(=O)NCCC(C)C)N(C(=O)c2snc(C(N)=O)c2N)c2cccc(F)c2)ccc1O. The molecule has 0 aliphatic heterocycles. The third-order valence-electron chi connectivity index (χ3n) is 5.51. The van der Waals surface area contributed by atoms with Gasteiger partial charge in [0.05, 0.1) is 12.8 Å². The maximum Gasteiger partial charge on any atom is 0.273 e. The third-order valence-corrected chi connectivity index (χ3v) is 6.36. The number of hydrogen-bond acceptors (Lipinski definition) is 8. The highest BCUT2D eigenvalue weighted by Crippen LogP contribution is 2.36. The van der Waals surface area contributed by atoms with E-state index in [0.29, 0.717) is 30.4 Å². The Morgan fingerprint density at radius 2 is 1.95 bits per heavy atom. The van der Waals surface area contributed by atoms with Crippen molar-refractivity contribution in [2.24, 2.45) is 11.7 Å². The molecule has 3 amide bonds. The van der Waals surface area contributed by atoms with Gasteiger partial charge in [-0.15, -0.1) is 0 Å². The van der Waals surface area contributed by atoms with E-state index in [1.54, 1.807) is 0 Å². The van der Waals surface area contributed by atoms with Crippen molar-refractivity contribution in [2.75, 3.05) is 24.3 Å². The summed E-state index contributed by atoms with van der Waals surface area (Å²) >= 11 is 0.639. The second-order valence-corrected chi connectivity index (χ2v) is 9.37. The van der Waals surface area contributed by atoms with E-state index >= 15 is 0 Å².